The molecule has 0 atom stereocenters. The molecule has 5 nitrogen and oxygen atoms in total. The summed E-state index contributed by atoms with van der Waals surface area (Å²) in [5.74, 6) is 0. The maximum atomic E-state index is 10.7. The molecule has 14 heavy (non-hydrogen) atoms. The van der Waals surface area contributed by atoms with Crippen molar-refractivity contribution in [2.75, 3.05) is 0 Å². The van der Waals surface area contributed by atoms with Gasteiger partial charge in [-0.2, -0.15) is 0 Å². The van der Waals surface area contributed by atoms with Gasteiger partial charge < -0.3 is 0 Å². The maximum absolute atomic E-state index is 10.7. The molecule has 2 heterocycles. The molecule has 2 aromatic rings. The SMILES string of the molecule is Cc1nc2c([N+](=O)[O-])cccn2c1I. The molecule has 0 bridgehead atoms. The lowest BCUT2D eigenvalue weighted by Crippen LogP contribution is -1.93. The number of hydrogen-bond donors (Lipinski definition) is 0. The van der Waals surface area contributed by atoms with Crippen molar-refractivity contribution >= 4 is 33.9 Å². The van der Waals surface area contributed by atoms with E-state index in [9.17, 15) is 10.1 Å². The van der Waals surface area contributed by atoms with Gasteiger partial charge >= 0.3 is 5.69 Å². The molecule has 0 N–H and O–H groups in total. The molecule has 0 amide bonds. The predicted octanol–water partition coefficient (Wildman–Crippen LogP) is 2.16. The maximum Gasteiger partial charge on any atom is 0.312 e. The molecule has 0 aliphatic heterocycles. The molecule has 0 aliphatic rings. The molecular formula is C8H6IN3O2. The standard InChI is InChI=1S/C8H6IN3O2/c1-5-7(9)11-4-2-3-6(12(13)14)8(11)10-5/h2-4H,1H3. The monoisotopic (exact) mass is 303 g/mol. The first-order valence-electron chi connectivity index (χ1n) is 3.89. The van der Waals surface area contributed by atoms with E-state index < -0.39 is 4.92 Å². The second kappa shape index (κ2) is 3.19. The fourth-order valence-electron chi connectivity index (χ4n) is 1.28. The molecule has 0 fully saturated rings. The van der Waals surface area contributed by atoms with E-state index in [1.807, 2.05) is 6.92 Å². The van der Waals surface area contributed by atoms with Crippen LogP contribution in [-0.4, -0.2) is 14.3 Å². The number of pyridine rings is 1. The highest BCUT2D eigenvalue weighted by Crippen LogP contribution is 2.22. The second-order valence-corrected chi connectivity index (χ2v) is 3.85. The molecule has 0 spiro atoms. The third-order valence-corrected chi connectivity index (χ3v) is 3.23. The number of nitro groups is 1. The number of imidazole rings is 1. The van der Waals surface area contributed by atoms with Crippen LogP contribution in [-0.2, 0) is 0 Å². The molecule has 72 valence electrons. The Balaban J connectivity index is 2.88. The fraction of sp³-hybridized carbons (Fsp3) is 0.125. The van der Waals surface area contributed by atoms with Gasteiger partial charge in [0.2, 0.25) is 5.65 Å². The van der Waals surface area contributed by atoms with Crippen LogP contribution in [0.3, 0.4) is 0 Å². The molecule has 0 unspecified atom stereocenters. The minimum atomic E-state index is -0.419. The third kappa shape index (κ3) is 1.26. The van der Waals surface area contributed by atoms with Gasteiger partial charge in [-0.3, -0.25) is 14.5 Å². The van der Waals surface area contributed by atoms with Gasteiger partial charge in [-0.1, -0.05) is 0 Å². The molecule has 6 heteroatoms. The summed E-state index contributed by atoms with van der Waals surface area (Å²) in [7, 11) is 0. The first-order valence-corrected chi connectivity index (χ1v) is 4.96. The van der Waals surface area contributed by atoms with E-state index in [1.165, 1.54) is 6.07 Å². The van der Waals surface area contributed by atoms with Gasteiger partial charge in [0.15, 0.2) is 0 Å². The van der Waals surface area contributed by atoms with E-state index >= 15 is 0 Å². The van der Waals surface area contributed by atoms with Gasteiger partial charge in [0.1, 0.15) is 3.70 Å². The first-order chi connectivity index (χ1) is 6.61. The number of aromatic nitrogens is 2. The van der Waals surface area contributed by atoms with E-state index in [-0.39, 0.29) is 5.69 Å². The van der Waals surface area contributed by atoms with Crippen LogP contribution in [0.5, 0.6) is 0 Å². The van der Waals surface area contributed by atoms with Crippen molar-refractivity contribution in [2.45, 2.75) is 6.92 Å². The number of rotatable bonds is 1. The average Bonchev–Trinajstić information content (AvgIpc) is 2.43. The summed E-state index contributed by atoms with van der Waals surface area (Å²) < 4.78 is 2.62. The fourth-order valence-corrected chi connectivity index (χ4v) is 1.79. The Hall–Kier alpha value is -1.18. The van der Waals surface area contributed by atoms with Crippen LogP contribution in [0.1, 0.15) is 5.69 Å². The Morgan fingerprint density at radius 3 is 3.00 bits per heavy atom. The summed E-state index contributed by atoms with van der Waals surface area (Å²) in [6.45, 7) is 1.83. The molecule has 2 aromatic heterocycles. The molecule has 0 radical (unpaired) electrons. The zero-order valence-electron chi connectivity index (χ0n) is 7.27. The molecule has 0 aliphatic carbocycles. The number of aryl methyl sites for hydroxylation is 1. The third-order valence-electron chi connectivity index (χ3n) is 1.93. The molecule has 2 rings (SSSR count). The lowest BCUT2D eigenvalue weighted by molar-refractivity contribution is -0.383. The summed E-state index contributed by atoms with van der Waals surface area (Å²) >= 11 is 2.12. The summed E-state index contributed by atoms with van der Waals surface area (Å²) in [5.41, 5.74) is 1.25. The van der Waals surface area contributed by atoms with E-state index in [0.717, 1.165) is 9.39 Å². The first kappa shape index (κ1) is 9.38. The van der Waals surface area contributed by atoms with Crippen LogP contribution < -0.4 is 0 Å². The Morgan fingerprint density at radius 2 is 2.36 bits per heavy atom. The van der Waals surface area contributed by atoms with Crippen LogP contribution in [0.4, 0.5) is 5.69 Å². The largest absolute Gasteiger partial charge is 0.312 e. The zero-order valence-corrected chi connectivity index (χ0v) is 9.43. The molecular weight excluding hydrogens is 297 g/mol. The van der Waals surface area contributed by atoms with Gasteiger partial charge in [-0.05, 0) is 35.6 Å². The van der Waals surface area contributed by atoms with E-state index in [4.69, 9.17) is 0 Å². The van der Waals surface area contributed by atoms with Crippen molar-refractivity contribution in [3.8, 4) is 0 Å². The van der Waals surface area contributed by atoms with Crippen molar-refractivity contribution < 1.29 is 4.92 Å². The molecule has 0 saturated heterocycles. The smallest absolute Gasteiger partial charge is 0.289 e. The molecule has 0 aromatic carbocycles. The Labute approximate surface area is 93.0 Å². The van der Waals surface area contributed by atoms with Crippen molar-refractivity contribution in [1.29, 1.82) is 0 Å². The highest BCUT2D eigenvalue weighted by atomic mass is 127. The normalized spacial score (nSPS) is 10.7. The minimum absolute atomic E-state index is 0.0403. The lowest BCUT2D eigenvalue weighted by atomic mass is 10.4. The summed E-state index contributed by atoms with van der Waals surface area (Å²) in [6.07, 6.45) is 1.77. The topological polar surface area (TPSA) is 60.4 Å². The Bertz CT molecular complexity index is 521. The van der Waals surface area contributed by atoms with Crippen LogP contribution in [0.15, 0.2) is 18.3 Å². The van der Waals surface area contributed by atoms with Crippen molar-refractivity contribution in [2.24, 2.45) is 0 Å². The number of nitrogens with zero attached hydrogens (tertiary/aromatic N) is 3. The van der Waals surface area contributed by atoms with Gasteiger partial charge in [-0.25, -0.2) is 4.98 Å². The van der Waals surface area contributed by atoms with Crippen molar-refractivity contribution in [3.63, 3.8) is 0 Å². The van der Waals surface area contributed by atoms with E-state index in [2.05, 4.69) is 27.6 Å². The van der Waals surface area contributed by atoms with Gasteiger partial charge in [0, 0.05) is 12.3 Å². The van der Waals surface area contributed by atoms with E-state index in [0.29, 0.717) is 5.65 Å². The van der Waals surface area contributed by atoms with Crippen molar-refractivity contribution in [1.82, 2.24) is 9.38 Å². The minimum Gasteiger partial charge on any atom is -0.289 e. The van der Waals surface area contributed by atoms with Crippen LogP contribution >= 0.6 is 22.6 Å². The zero-order chi connectivity index (χ0) is 10.3. The number of halogens is 1. The summed E-state index contributed by atoms with van der Waals surface area (Å²) in [6, 6.07) is 3.10. The average molecular weight is 303 g/mol. The Kier molecular flexibility index (Phi) is 2.14. The highest BCUT2D eigenvalue weighted by molar-refractivity contribution is 14.1. The van der Waals surface area contributed by atoms with Crippen LogP contribution in [0.2, 0.25) is 0 Å². The van der Waals surface area contributed by atoms with Gasteiger partial charge in [-0.15, -0.1) is 0 Å². The second-order valence-electron chi connectivity index (χ2n) is 2.83. The molecule has 0 saturated carbocycles. The van der Waals surface area contributed by atoms with Gasteiger partial charge in [0.05, 0.1) is 10.6 Å². The van der Waals surface area contributed by atoms with Crippen LogP contribution in [0.25, 0.3) is 5.65 Å². The Morgan fingerprint density at radius 1 is 1.64 bits per heavy atom. The predicted molar refractivity (Wildman–Crippen MR) is 59.3 cm³/mol. The summed E-state index contributed by atoms with van der Waals surface area (Å²) in [5, 5.41) is 10.7. The quantitative estimate of drug-likeness (QED) is 0.461. The number of fused-ring (bicyclic) bond motifs is 1. The van der Waals surface area contributed by atoms with E-state index in [1.54, 1.807) is 16.7 Å². The highest BCUT2D eigenvalue weighted by Gasteiger charge is 2.16. The lowest BCUT2D eigenvalue weighted by Gasteiger charge is -1.95. The summed E-state index contributed by atoms with van der Waals surface area (Å²) in [4.78, 5) is 14.4. The van der Waals surface area contributed by atoms with Gasteiger partial charge in [0.25, 0.3) is 0 Å². The van der Waals surface area contributed by atoms with Crippen LogP contribution in [0, 0.1) is 20.7 Å². The van der Waals surface area contributed by atoms with Crippen molar-refractivity contribution in [3.05, 3.63) is 37.8 Å². The number of hydrogen-bond acceptors (Lipinski definition) is 3.